The van der Waals surface area contributed by atoms with Crippen LogP contribution in [0.25, 0.3) is 27.9 Å². The molecule has 3 rings (SSSR count). The maximum Gasteiger partial charge on any atom is 0.338 e. The van der Waals surface area contributed by atoms with Gasteiger partial charge in [0.2, 0.25) is 0 Å². The molecule has 0 saturated heterocycles. The van der Waals surface area contributed by atoms with Gasteiger partial charge in [-0.05, 0) is 37.1 Å². The SMILES string of the molecule is C=Cc1c(OC(=O)C(=C)C)ccc2c1[nH]c1cccc(CCC)c12. The number of carbonyl (C=O) groups excluding carboxylic acids is 1. The summed E-state index contributed by atoms with van der Waals surface area (Å²) in [4.78, 5) is 15.3. The maximum absolute atomic E-state index is 11.9. The lowest BCUT2D eigenvalue weighted by molar-refractivity contribution is -0.130. The highest BCUT2D eigenvalue weighted by Gasteiger charge is 2.15. The van der Waals surface area contributed by atoms with Gasteiger partial charge in [0.1, 0.15) is 5.75 Å². The zero-order valence-corrected chi connectivity index (χ0v) is 14.1. The fourth-order valence-electron chi connectivity index (χ4n) is 3.06. The van der Waals surface area contributed by atoms with E-state index in [9.17, 15) is 4.79 Å². The summed E-state index contributed by atoms with van der Waals surface area (Å²) in [6.45, 7) is 11.3. The van der Waals surface area contributed by atoms with Crippen LogP contribution in [0.1, 0.15) is 31.4 Å². The summed E-state index contributed by atoms with van der Waals surface area (Å²) >= 11 is 0. The first-order valence-corrected chi connectivity index (χ1v) is 8.13. The fraction of sp³-hybridized carbons (Fsp3) is 0.190. The average molecular weight is 319 g/mol. The van der Waals surface area contributed by atoms with Crippen LogP contribution in [0.3, 0.4) is 0 Å². The smallest absolute Gasteiger partial charge is 0.338 e. The molecule has 0 fully saturated rings. The molecule has 0 amide bonds. The lowest BCUT2D eigenvalue weighted by atomic mass is 10.0. The molecule has 1 heterocycles. The van der Waals surface area contributed by atoms with E-state index in [4.69, 9.17) is 4.74 Å². The Morgan fingerprint density at radius 1 is 1.29 bits per heavy atom. The van der Waals surface area contributed by atoms with E-state index in [2.05, 4.69) is 43.3 Å². The molecule has 0 aliphatic carbocycles. The van der Waals surface area contributed by atoms with E-state index in [0.29, 0.717) is 11.3 Å². The van der Waals surface area contributed by atoms with Crippen LogP contribution in [0, 0.1) is 0 Å². The number of fused-ring (bicyclic) bond motifs is 3. The summed E-state index contributed by atoms with van der Waals surface area (Å²) in [7, 11) is 0. The minimum absolute atomic E-state index is 0.368. The molecule has 122 valence electrons. The van der Waals surface area contributed by atoms with E-state index in [1.807, 2.05) is 12.1 Å². The number of benzene rings is 2. The Balaban J connectivity index is 2.25. The molecule has 3 heteroatoms. The highest BCUT2D eigenvalue weighted by molar-refractivity contribution is 6.12. The van der Waals surface area contributed by atoms with Crippen LogP contribution in [-0.2, 0) is 11.2 Å². The average Bonchev–Trinajstić information content (AvgIpc) is 2.94. The monoisotopic (exact) mass is 319 g/mol. The Labute approximate surface area is 141 Å². The molecule has 0 bridgehead atoms. The third-order valence-corrected chi connectivity index (χ3v) is 4.16. The number of hydrogen-bond acceptors (Lipinski definition) is 2. The van der Waals surface area contributed by atoms with E-state index in [-0.39, 0.29) is 0 Å². The first-order chi connectivity index (χ1) is 11.6. The minimum Gasteiger partial charge on any atom is -0.422 e. The highest BCUT2D eigenvalue weighted by atomic mass is 16.5. The van der Waals surface area contributed by atoms with Crippen LogP contribution < -0.4 is 4.74 Å². The third kappa shape index (κ3) is 2.62. The van der Waals surface area contributed by atoms with Crippen molar-refractivity contribution in [3.8, 4) is 5.75 Å². The van der Waals surface area contributed by atoms with Crippen molar-refractivity contribution in [2.45, 2.75) is 26.7 Å². The number of aromatic amines is 1. The van der Waals surface area contributed by atoms with Gasteiger partial charge in [-0.25, -0.2) is 4.79 Å². The number of carbonyl (C=O) groups is 1. The van der Waals surface area contributed by atoms with Crippen LogP contribution in [0.2, 0.25) is 0 Å². The van der Waals surface area contributed by atoms with E-state index in [1.54, 1.807) is 13.0 Å². The van der Waals surface area contributed by atoms with Gasteiger partial charge in [-0.15, -0.1) is 0 Å². The van der Waals surface area contributed by atoms with Crippen molar-refractivity contribution in [1.29, 1.82) is 0 Å². The van der Waals surface area contributed by atoms with Gasteiger partial charge >= 0.3 is 5.97 Å². The van der Waals surface area contributed by atoms with Gasteiger partial charge in [-0.3, -0.25) is 0 Å². The fourth-order valence-corrected chi connectivity index (χ4v) is 3.06. The number of nitrogens with one attached hydrogen (secondary N) is 1. The topological polar surface area (TPSA) is 42.1 Å². The quantitative estimate of drug-likeness (QED) is 0.389. The first kappa shape index (κ1) is 16.1. The molecule has 0 aliphatic rings. The maximum atomic E-state index is 11.9. The number of H-pyrrole nitrogens is 1. The Morgan fingerprint density at radius 2 is 2.08 bits per heavy atom. The number of aromatic nitrogens is 1. The van der Waals surface area contributed by atoms with E-state index in [1.165, 1.54) is 10.9 Å². The van der Waals surface area contributed by atoms with Gasteiger partial charge < -0.3 is 9.72 Å². The molecule has 0 unspecified atom stereocenters. The van der Waals surface area contributed by atoms with E-state index >= 15 is 0 Å². The van der Waals surface area contributed by atoms with Gasteiger partial charge in [0, 0.05) is 27.4 Å². The van der Waals surface area contributed by atoms with Gasteiger partial charge in [0.05, 0.1) is 5.52 Å². The Kier molecular flexibility index (Phi) is 4.26. The Morgan fingerprint density at radius 3 is 2.75 bits per heavy atom. The van der Waals surface area contributed by atoms with Gasteiger partial charge in [0.25, 0.3) is 0 Å². The molecule has 3 nitrogen and oxygen atoms in total. The summed E-state index contributed by atoms with van der Waals surface area (Å²) < 4.78 is 5.45. The molecule has 1 aromatic heterocycles. The molecule has 1 N–H and O–H groups in total. The number of hydrogen-bond donors (Lipinski definition) is 1. The van der Waals surface area contributed by atoms with Crippen molar-refractivity contribution in [1.82, 2.24) is 4.98 Å². The zero-order valence-electron chi connectivity index (χ0n) is 14.1. The van der Waals surface area contributed by atoms with Gasteiger partial charge in [-0.2, -0.15) is 0 Å². The van der Waals surface area contributed by atoms with Crippen LogP contribution in [0.15, 0.2) is 49.1 Å². The van der Waals surface area contributed by atoms with Crippen molar-refractivity contribution in [2.75, 3.05) is 0 Å². The molecule has 0 atom stereocenters. The predicted molar refractivity (Wildman–Crippen MR) is 100 cm³/mol. The van der Waals surface area contributed by atoms with Crippen molar-refractivity contribution in [3.05, 3.63) is 60.2 Å². The lowest BCUT2D eigenvalue weighted by Crippen LogP contribution is -2.09. The molecule has 3 aromatic rings. The van der Waals surface area contributed by atoms with Crippen molar-refractivity contribution < 1.29 is 9.53 Å². The standard InChI is InChI=1S/C21H21NO2/c1-5-8-14-9-7-10-17-19(14)16-11-12-18(24-21(23)13(3)4)15(6-2)20(16)22-17/h6-7,9-12,22H,2-3,5,8H2,1,4H3. The molecule has 0 saturated carbocycles. The second kappa shape index (κ2) is 6.36. The summed E-state index contributed by atoms with van der Waals surface area (Å²) in [5.41, 5.74) is 4.51. The Hall–Kier alpha value is -2.81. The van der Waals surface area contributed by atoms with Crippen LogP contribution in [0.4, 0.5) is 0 Å². The van der Waals surface area contributed by atoms with Crippen LogP contribution >= 0.6 is 0 Å². The third-order valence-electron chi connectivity index (χ3n) is 4.16. The molecule has 0 aliphatic heterocycles. The second-order valence-electron chi connectivity index (χ2n) is 5.99. The molecule has 0 radical (unpaired) electrons. The first-order valence-electron chi connectivity index (χ1n) is 8.13. The zero-order chi connectivity index (χ0) is 17.3. The number of ether oxygens (including phenoxy) is 1. The molecular weight excluding hydrogens is 298 g/mol. The predicted octanol–water partition coefficient (Wildman–Crippen LogP) is 5.40. The largest absolute Gasteiger partial charge is 0.422 e. The van der Waals surface area contributed by atoms with Gasteiger partial charge in [0.15, 0.2) is 0 Å². The molecule has 24 heavy (non-hydrogen) atoms. The molecular formula is C21H21NO2. The number of esters is 1. The summed E-state index contributed by atoms with van der Waals surface area (Å²) in [5, 5.41) is 2.36. The van der Waals surface area contributed by atoms with E-state index in [0.717, 1.165) is 34.8 Å². The summed E-state index contributed by atoms with van der Waals surface area (Å²) in [6, 6.07) is 10.1. The lowest BCUT2D eigenvalue weighted by Gasteiger charge is -2.08. The van der Waals surface area contributed by atoms with Gasteiger partial charge in [-0.1, -0.05) is 44.7 Å². The summed E-state index contributed by atoms with van der Waals surface area (Å²) in [5.74, 6) is 0.0642. The van der Waals surface area contributed by atoms with Crippen molar-refractivity contribution in [2.24, 2.45) is 0 Å². The Bertz CT molecular complexity index is 963. The highest BCUT2D eigenvalue weighted by Crippen LogP contribution is 2.35. The van der Waals surface area contributed by atoms with Crippen molar-refractivity contribution >= 4 is 33.9 Å². The van der Waals surface area contributed by atoms with Crippen LogP contribution in [0.5, 0.6) is 5.75 Å². The summed E-state index contributed by atoms with van der Waals surface area (Å²) in [6.07, 6.45) is 3.84. The number of rotatable bonds is 5. The van der Waals surface area contributed by atoms with Crippen molar-refractivity contribution in [3.63, 3.8) is 0 Å². The van der Waals surface area contributed by atoms with E-state index < -0.39 is 5.97 Å². The number of aryl methyl sites for hydroxylation is 1. The molecule has 2 aromatic carbocycles. The second-order valence-corrected chi connectivity index (χ2v) is 5.99. The normalized spacial score (nSPS) is 10.9. The molecule has 0 spiro atoms. The minimum atomic E-state index is -0.430. The van der Waals surface area contributed by atoms with Crippen LogP contribution in [-0.4, -0.2) is 11.0 Å².